The second-order valence-corrected chi connectivity index (χ2v) is 12.1. The molecular weight excluding hydrogens is 533 g/mol. The molecule has 1 N–H and O–H groups in total. The highest BCUT2D eigenvalue weighted by atomic mass is 19.4. The molecule has 0 aromatic carbocycles. The van der Waals surface area contributed by atoms with Gasteiger partial charge in [0.2, 0.25) is 17.7 Å². The van der Waals surface area contributed by atoms with Crippen LogP contribution in [0.3, 0.4) is 0 Å². The number of rotatable bonds is 9. The van der Waals surface area contributed by atoms with Crippen molar-refractivity contribution in [2.24, 2.45) is 5.92 Å². The van der Waals surface area contributed by atoms with Gasteiger partial charge in [0.1, 0.15) is 23.2 Å². The van der Waals surface area contributed by atoms with E-state index in [4.69, 9.17) is 4.74 Å². The zero-order chi connectivity index (χ0) is 30.6. The van der Waals surface area contributed by atoms with E-state index in [0.717, 1.165) is 22.6 Å². The van der Waals surface area contributed by atoms with Crippen LogP contribution in [0.1, 0.15) is 78.6 Å². The van der Waals surface area contributed by atoms with Gasteiger partial charge in [-0.05, 0) is 52.4 Å². The maximum absolute atomic E-state index is 14.1. The highest BCUT2D eigenvalue weighted by Crippen LogP contribution is 2.36. The van der Waals surface area contributed by atoms with Crippen molar-refractivity contribution < 1.29 is 41.9 Å². The summed E-state index contributed by atoms with van der Waals surface area (Å²) >= 11 is 0. The van der Waals surface area contributed by atoms with Crippen molar-refractivity contribution in [1.29, 1.82) is 0 Å². The molecule has 4 amide bonds. The Labute approximate surface area is 233 Å². The minimum absolute atomic E-state index is 0.0137. The fraction of sp³-hybridized carbons (Fsp3) is 0.815. The van der Waals surface area contributed by atoms with Crippen LogP contribution in [-0.2, 0) is 28.7 Å². The molecule has 2 atom stereocenters. The van der Waals surface area contributed by atoms with Gasteiger partial charge in [-0.2, -0.15) is 13.2 Å². The van der Waals surface area contributed by atoms with E-state index in [1.807, 2.05) is 5.32 Å². The van der Waals surface area contributed by atoms with Crippen molar-refractivity contribution in [1.82, 2.24) is 20.0 Å². The van der Waals surface area contributed by atoms with E-state index >= 15 is 0 Å². The molecule has 0 aliphatic heterocycles. The number of carbonyl (C=O) groups excluding carboxylic acids is 5. The van der Waals surface area contributed by atoms with E-state index in [2.05, 4.69) is 0 Å². The highest BCUT2D eigenvalue weighted by molar-refractivity contribution is 5.97. The van der Waals surface area contributed by atoms with Gasteiger partial charge in [-0.25, -0.2) is 0 Å². The number of esters is 1. The predicted octanol–water partition coefficient (Wildman–Crippen LogP) is 2.64. The lowest BCUT2D eigenvalue weighted by molar-refractivity contribution is -0.177. The summed E-state index contributed by atoms with van der Waals surface area (Å²) in [5.74, 6) is -5.10. The summed E-state index contributed by atoms with van der Waals surface area (Å²) in [6.45, 7) is 5.03. The van der Waals surface area contributed by atoms with E-state index in [-0.39, 0.29) is 18.8 Å². The van der Waals surface area contributed by atoms with Crippen LogP contribution in [0.2, 0.25) is 0 Å². The number of hydrogen-bond acceptors (Lipinski definition) is 6. The van der Waals surface area contributed by atoms with Crippen LogP contribution < -0.4 is 5.32 Å². The molecule has 228 valence electrons. The molecule has 0 spiro atoms. The SMILES string of the molecule is CN(C)C(=O)[C@H](CC(=O)OC(C)(C)C)N(C)C(=O)[C@H](C1CCCC1)N(C)C(=O)C1(NC(=O)C(F)(F)F)CCCC1. The van der Waals surface area contributed by atoms with Gasteiger partial charge >= 0.3 is 18.1 Å². The first-order chi connectivity index (χ1) is 18.3. The van der Waals surface area contributed by atoms with Crippen molar-refractivity contribution in [2.75, 3.05) is 28.2 Å². The fourth-order valence-corrected chi connectivity index (χ4v) is 5.67. The molecule has 0 aromatic heterocycles. The zero-order valence-electron chi connectivity index (χ0n) is 24.5. The first-order valence-corrected chi connectivity index (χ1v) is 13.7. The van der Waals surface area contributed by atoms with E-state index in [1.165, 1.54) is 33.1 Å². The van der Waals surface area contributed by atoms with Crippen molar-refractivity contribution in [3.8, 4) is 0 Å². The van der Waals surface area contributed by atoms with Crippen molar-refractivity contribution in [2.45, 2.75) is 108 Å². The first kappa shape index (κ1) is 33.3. The molecule has 2 saturated carbocycles. The third kappa shape index (κ3) is 8.09. The zero-order valence-corrected chi connectivity index (χ0v) is 24.5. The number of nitrogens with one attached hydrogen (secondary N) is 1. The molecule has 0 aromatic rings. The normalized spacial score (nSPS) is 18.9. The lowest BCUT2D eigenvalue weighted by Gasteiger charge is -2.41. The molecule has 13 heteroatoms. The van der Waals surface area contributed by atoms with Gasteiger partial charge in [0.05, 0.1) is 6.42 Å². The van der Waals surface area contributed by atoms with Gasteiger partial charge in [-0.15, -0.1) is 0 Å². The van der Waals surface area contributed by atoms with Crippen LogP contribution >= 0.6 is 0 Å². The summed E-state index contributed by atoms with van der Waals surface area (Å²) < 4.78 is 44.8. The van der Waals surface area contributed by atoms with E-state index in [1.54, 1.807) is 20.8 Å². The standard InChI is InChI=1S/C27H43F3N4O6/c1-25(2,3)40-19(35)16-18(21(36)32(4)5)33(6)22(37)20(17-12-8-9-13-17)34(7)24(39)26(14-10-11-15-26)31-23(38)27(28,29)30/h17-18,20H,8-16H2,1-7H3,(H,31,38)/t18-,20-/m0/s1. The summed E-state index contributed by atoms with van der Waals surface area (Å²) in [5, 5.41) is 1.93. The Morgan fingerprint density at radius 2 is 1.40 bits per heavy atom. The monoisotopic (exact) mass is 576 g/mol. The lowest BCUT2D eigenvalue weighted by Crippen LogP contribution is -2.64. The van der Waals surface area contributed by atoms with E-state index in [9.17, 15) is 37.1 Å². The number of carbonyl (C=O) groups is 5. The summed E-state index contributed by atoms with van der Waals surface area (Å²) in [7, 11) is 5.70. The maximum Gasteiger partial charge on any atom is 0.471 e. The lowest BCUT2D eigenvalue weighted by atomic mass is 9.90. The molecule has 2 aliphatic carbocycles. The fourth-order valence-electron chi connectivity index (χ4n) is 5.67. The van der Waals surface area contributed by atoms with Gasteiger partial charge in [-0.3, -0.25) is 24.0 Å². The molecule has 2 aliphatic rings. The Bertz CT molecular complexity index is 966. The molecule has 40 heavy (non-hydrogen) atoms. The molecule has 0 bridgehead atoms. The number of hydrogen-bond donors (Lipinski definition) is 1. The topological polar surface area (TPSA) is 116 Å². The van der Waals surface area contributed by atoms with Crippen LogP contribution in [0.15, 0.2) is 0 Å². The van der Waals surface area contributed by atoms with Gasteiger partial charge in [0.25, 0.3) is 0 Å². The van der Waals surface area contributed by atoms with Crippen LogP contribution in [0.25, 0.3) is 0 Å². The third-order valence-electron chi connectivity index (χ3n) is 7.63. The largest absolute Gasteiger partial charge is 0.471 e. The molecule has 2 fully saturated rings. The molecular formula is C27H43F3N4O6. The van der Waals surface area contributed by atoms with E-state index < -0.39 is 65.4 Å². The summed E-state index contributed by atoms with van der Waals surface area (Å²) in [6, 6.07) is -2.33. The molecule has 0 saturated heterocycles. The average Bonchev–Trinajstić information content (AvgIpc) is 3.52. The summed E-state index contributed by atoms with van der Waals surface area (Å²) in [6.07, 6.45) is -1.89. The van der Waals surface area contributed by atoms with Crippen molar-refractivity contribution >= 4 is 29.6 Å². The number of amides is 4. The maximum atomic E-state index is 14.1. The quantitative estimate of drug-likeness (QED) is 0.422. The number of ether oxygens (including phenoxy) is 1. The first-order valence-electron chi connectivity index (χ1n) is 13.7. The van der Waals surface area contributed by atoms with Crippen molar-refractivity contribution in [3.63, 3.8) is 0 Å². The number of alkyl halides is 3. The van der Waals surface area contributed by atoms with Crippen molar-refractivity contribution in [3.05, 3.63) is 0 Å². The highest BCUT2D eigenvalue weighted by Gasteiger charge is 2.52. The molecule has 10 nitrogen and oxygen atoms in total. The van der Waals surface area contributed by atoms with Gasteiger partial charge in [-0.1, -0.05) is 25.7 Å². The Morgan fingerprint density at radius 3 is 1.85 bits per heavy atom. The van der Waals surface area contributed by atoms with Gasteiger partial charge < -0.3 is 24.8 Å². The number of halogens is 3. The van der Waals surface area contributed by atoms with Gasteiger partial charge in [0.15, 0.2) is 0 Å². The van der Waals surface area contributed by atoms with Crippen LogP contribution in [0.5, 0.6) is 0 Å². The Morgan fingerprint density at radius 1 is 0.875 bits per heavy atom. The minimum atomic E-state index is -5.17. The molecule has 0 radical (unpaired) electrons. The molecule has 0 heterocycles. The number of likely N-dealkylation sites (N-methyl/N-ethyl adjacent to an activating group) is 3. The van der Waals surface area contributed by atoms with Gasteiger partial charge in [0, 0.05) is 28.2 Å². The summed E-state index contributed by atoms with van der Waals surface area (Å²) in [5.41, 5.74) is -2.60. The van der Waals surface area contributed by atoms with Crippen LogP contribution in [-0.4, -0.2) is 102 Å². The number of nitrogens with zero attached hydrogens (tertiary/aromatic N) is 3. The second-order valence-electron chi connectivity index (χ2n) is 12.1. The molecule has 2 rings (SSSR count). The van der Waals surface area contributed by atoms with E-state index in [0.29, 0.717) is 25.7 Å². The average molecular weight is 577 g/mol. The molecule has 0 unspecified atom stereocenters. The Hall–Kier alpha value is -2.86. The minimum Gasteiger partial charge on any atom is -0.460 e. The Balaban J connectivity index is 2.42. The van der Waals surface area contributed by atoms with Crippen LogP contribution in [0, 0.1) is 5.92 Å². The predicted molar refractivity (Wildman–Crippen MR) is 140 cm³/mol. The smallest absolute Gasteiger partial charge is 0.460 e. The second kappa shape index (κ2) is 12.8. The van der Waals surface area contributed by atoms with Crippen LogP contribution in [0.4, 0.5) is 13.2 Å². The summed E-state index contributed by atoms with van der Waals surface area (Å²) in [4.78, 5) is 69.1. The Kier molecular flexibility index (Phi) is 10.6. The third-order valence-corrected chi connectivity index (χ3v) is 7.63.